The molecule has 3 aromatic rings. The Labute approximate surface area is 223 Å². The van der Waals surface area contributed by atoms with Gasteiger partial charge in [-0.1, -0.05) is 31.0 Å². The van der Waals surface area contributed by atoms with Crippen molar-refractivity contribution < 1.29 is 17.9 Å². The van der Waals surface area contributed by atoms with E-state index in [1.807, 2.05) is 11.1 Å². The summed E-state index contributed by atoms with van der Waals surface area (Å²) in [4.78, 5) is 24.6. The Morgan fingerprint density at radius 3 is 2.53 bits per heavy atom. The van der Waals surface area contributed by atoms with Gasteiger partial charge in [-0.15, -0.1) is 0 Å². The summed E-state index contributed by atoms with van der Waals surface area (Å²) in [5, 5.41) is 3.04. The maximum absolute atomic E-state index is 13.4. The summed E-state index contributed by atoms with van der Waals surface area (Å²) < 4.78 is 28.8. The number of carbonyl (C=O) groups excluding carboxylic acids is 1. The fraction of sp³-hybridized carbons (Fsp3) is 0.414. The largest absolute Gasteiger partial charge is 0.467 e. The molecule has 198 valence electrons. The van der Waals surface area contributed by atoms with Gasteiger partial charge in [-0.3, -0.25) is 4.90 Å². The molecule has 1 aliphatic heterocycles. The van der Waals surface area contributed by atoms with Crippen LogP contribution in [0.5, 0.6) is 6.01 Å². The van der Waals surface area contributed by atoms with E-state index in [1.165, 1.54) is 11.8 Å². The van der Waals surface area contributed by atoms with Crippen LogP contribution in [-0.2, 0) is 21.8 Å². The SMILES string of the molecule is COc1ncc(-c2ccc3c(c2)C2(CCCC2)CN3C(=O)NCc2ccc(S(C)(=O)=O)cc2)c(C2CC2)n1. The molecule has 0 bridgehead atoms. The first-order valence-electron chi connectivity index (χ1n) is 13.2. The normalized spacial score (nSPS) is 18.0. The predicted octanol–water partition coefficient (Wildman–Crippen LogP) is 4.97. The van der Waals surface area contributed by atoms with E-state index in [2.05, 4.69) is 33.5 Å². The fourth-order valence-corrected chi connectivity index (χ4v) is 6.62. The second-order valence-corrected chi connectivity index (χ2v) is 12.8. The Balaban J connectivity index is 1.27. The summed E-state index contributed by atoms with van der Waals surface area (Å²) in [6.07, 6.45) is 9.77. The van der Waals surface area contributed by atoms with Crippen LogP contribution in [0.4, 0.5) is 10.5 Å². The van der Waals surface area contributed by atoms with E-state index < -0.39 is 9.84 Å². The number of nitrogens with one attached hydrogen (secondary N) is 1. The van der Waals surface area contributed by atoms with Gasteiger partial charge in [-0.25, -0.2) is 18.2 Å². The summed E-state index contributed by atoms with van der Waals surface area (Å²) in [6.45, 7) is 0.993. The van der Waals surface area contributed by atoms with Crippen molar-refractivity contribution in [2.45, 2.75) is 61.3 Å². The molecule has 2 amide bonds. The summed E-state index contributed by atoms with van der Waals surface area (Å²) in [5.41, 5.74) is 6.19. The van der Waals surface area contributed by atoms with Crippen molar-refractivity contribution in [1.82, 2.24) is 15.3 Å². The molecular weight excluding hydrogens is 500 g/mol. The van der Waals surface area contributed by atoms with Gasteiger partial charge in [0.25, 0.3) is 0 Å². The van der Waals surface area contributed by atoms with E-state index in [0.29, 0.717) is 25.0 Å². The topological polar surface area (TPSA) is 101 Å². The Hall–Kier alpha value is -3.46. The van der Waals surface area contributed by atoms with Gasteiger partial charge in [0.05, 0.1) is 17.7 Å². The highest BCUT2D eigenvalue weighted by atomic mass is 32.2. The molecule has 9 heteroatoms. The molecule has 0 radical (unpaired) electrons. The first kappa shape index (κ1) is 24.9. The quantitative estimate of drug-likeness (QED) is 0.481. The van der Waals surface area contributed by atoms with Crippen molar-refractivity contribution in [2.75, 3.05) is 24.8 Å². The Morgan fingerprint density at radius 1 is 1.13 bits per heavy atom. The number of ether oxygens (including phenoxy) is 1. The van der Waals surface area contributed by atoms with Crippen LogP contribution < -0.4 is 15.0 Å². The molecule has 1 N–H and O–H groups in total. The van der Waals surface area contributed by atoms with E-state index in [1.54, 1.807) is 31.4 Å². The zero-order valence-electron chi connectivity index (χ0n) is 21.7. The number of anilines is 1. The van der Waals surface area contributed by atoms with E-state index in [-0.39, 0.29) is 16.3 Å². The molecule has 2 aromatic carbocycles. The third-order valence-electron chi connectivity index (χ3n) is 8.17. The fourth-order valence-electron chi connectivity index (χ4n) is 5.99. The molecule has 3 aliphatic rings. The van der Waals surface area contributed by atoms with Crippen LogP contribution >= 0.6 is 0 Å². The number of urea groups is 1. The van der Waals surface area contributed by atoms with Gasteiger partial charge in [-0.05, 0) is 66.6 Å². The highest BCUT2D eigenvalue weighted by Crippen LogP contribution is 2.52. The lowest BCUT2D eigenvalue weighted by molar-refractivity contribution is 0.245. The molecule has 2 heterocycles. The van der Waals surface area contributed by atoms with Crippen molar-refractivity contribution in [3.63, 3.8) is 0 Å². The second kappa shape index (κ2) is 9.38. The average molecular weight is 533 g/mol. The van der Waals surface area contributed by atoms with Crippen LogP contribution in [0.15, 0.2) is 53.6 Å². The van der Waals surface area contributed by atoms with Gasteiger partial charge in [0.2, 0.25) is 0 Å². The number of amides is 2. The number of benzene rings is 2. The molecule has 0 atom stereocenters. The number of fused-ring (bicyclic) bond motifs is 2. The average Bonchev–Trinajstić information content (AvgIpc) is 3.59. The lowest BCUT2D eigenvalue weighted by Gasteiger charge is -2.25. The molecular formula is C29H32N4O4S. The molecule has 1 spiro atoms. The summed E-state index contributed by atoms with van der Waals surface area (Å²) in [6, 6.07) is 13.3. The Kier molecular flexibility index (Phi) is 6.13. The monoisotopic (exact) mass is 532 g/mol. The predicted molar refractivity (Wildman–Crippen MR) is 145 cm³/mol. The van der Waals surface area contributed by atoms with Gasteiger partial charge >= 0.3 is 12.0 Å². The molecule has 2 aliphatic carbocycles. The molecule has 0 saturated heterocycles. The van der Waals surface area contributed by atoms with Crippen LogP contribution in [0.2, 0.25) is 0 Å². The Morgan fingerprint density at radius 2 is 1.87 bits per heavy atom. The van der Waals surface area contributed by atoms with Crippen LogP contribution in [0, 0.1) is 0 Å². The number of rotatable bonds is 6. The number of aromatic nitrogens is 2. The van der Waals surface area contributed by atoms with Gasteiger partial charge in [0.15, 0.2) is 9.84 Å². The minimum atomic E-state index is -3.25. The van der Waals surface area contributed by atoms with Gasteiger partial charge in [0.1, 0.15) is 0 Å². The minimum Gasteiger partial charge on any atom is -0.467 e. The maximum atomic E-state index is 13.4. The van der Waals surface area contributed by atoms with Crippen LogP contribution in [-0.4, -0.2) is 44.3 Å². The number of nitrogens with zero attached hydrogens (tertiary/aromatic N) is 3. The van der Waals surface area contributed by atoms with Crippen molar-refractivity contribution in [2.24, 2.45) is 0 Å². The molecule has 1 aromatic heterocycles. The standard InChI is InChI=1S/C29H32N4O4S/c1-37-27-30-17-23(26(32-27)20-7-8-20)21-9-12-25-24(15-21)29(13-3-4-14-29)18-33(25)28(34)31-16-19-5-10-22(11-6-19)38(2,35)36/h5-6,9-12,15,17,20H,3-4,7-8,13-14,16,18H2,1-2H3,(H,31,34). The lowest BCUT2D eigenvalue weighted by Crippen LogP contribution is -2.41. The van der Waals surface area contributed by atoms with Crippen LogP contribution in [0.1, 0.15) is 61.3 Å². The van der Waals surface area contributed by atoms with Crippen molar-refractivity contribution in [3.8, 4) is 17.1 Å². The van der Waals surface area contributed by atoms with Crippen molar-refractivity contribution >= 4 is 21.6 Å². The van der Waals surface area contributed by atoms with Gasteiger partial charge < -0.3 is 10.1 Å². The highest BCUT2D eigenvalue weighted by Gasteiger charge is 2.46. The Bertz CT molecular complexity index is 1490. The zero-order valence-corrected chi connectivity index (χ0v) is 22.6. The number of methoxy groups -OCH3 is 1. The molecule has 0 unspecified atom stereocenters. The number of carbonyl (C=O) groups is 1. The van der Waals surface area contributed by atoms with Gasteiger partial charge in [-0.2, -0.15) is 4.98 Å². The third-order valence-corrected chi connectivity index (χ3v) is 9.30. The van der Waals surface area contributed by atoms with Crippen molar-refractivity contribution in [3.05, 3.63) is 65.5 Å². The van der Waals surface area contributed by atoms with Gasteiger partial charge in [0, 0.05) is 48.1 Å². The lowest BCUT2D eigenvalue weighted by atomic mass is 9.80. The number of sulfone groups is 1. The maximum Gasteiger partial charge on any atom is 0.322 e. The molecule has 2 fully saturated rings. The molecule has 6 rings (SSSR count). The number of hydrogen-bond acceptors (Lipinski definition) is 6. The molecule has 38 heavy (non-hydrogen) atoms. The molecule has 8 nitrogen and oxygen atoms in total. The summed E-state index contributed by atoms with van der Waals surface area (Å²) in [5.74, 6) is 0.448. The highest BCUT2D eigenvalue weighted by molar-refractivity contribution is 7.90. The first-order chi connectivity index (χ1) is 18.3. The first-order valence-corrected chi connectivity index (χ1v) is 15.1. The second-order valence-electron chi connectivity index (χ2n) is 10.8. The van der Waals surface area contributed by atoms with Crippen molar-refractivity contribution in [1.29, 1.82) is 0 Å². The van der Waals surface area contributed by atoms with E-state index >= 15 is 0 Å². The summed E-state index contributed by atoms with van der Waals surface area (Å²) >= 11 is 0. The van der Waals surface area contributed by atoms with E-state index in [4.69, 9.17) is 4.74 Å². The van der Waals surface area contributed by atoms with E-state index in [0.717, 1.165) is 66.6 Å². The zero-order chi connectivity index (χ0) is 26.5. The number of hydrogen-bond donors (Lipinski definition) is 1. The smallest absolute Gasteiger partial charge is 0.322 e. The summed E-state index contributed by atoms with van der Waals surface area (Å²) in [7, 11) is -1.66. The third kappa shape index (κ3) is 4.53. The van der Waals surface area contributed by atoms with E-state index in [9.17, 15) is 13.2 Å². The molecule has 2 saturated carbocycles. The van der Waals surface area contributed by atoms with Crippen LogP contribution in [0.25, 0.3) is 11.1 Å². The van der Waals surface area contributed by atoms with Crippen LogP contribution in [0.3, 0.4) is 0 Å². The minimum absolute atomic E-state index is 0.0348.